The first-order valence-electron chi connectivity index (χ1n) is 7.79. The van der Waals surface area contributed by atoms with Gasteiger partial charge in [-0.1, -0.05) is 52.9 Å². The molecule has 3 heteroatoms. The molecule has 0 bridgehead atoms. The number of nitrogens with zero attached hydrogens (tertiary/aromatic N) is 1. The monoisotopic (exact) mass is 256 g/mol. The van der Waals surface area contributed by atoms with Gasteiger partial charge in [-0.05, 0) is 19.3 Å². The minimum atomic E-state index is 0.118. The molecule has 0 aliphatic rings. The van der Waals surface area contributed by atoms with Crippen molar-refractivity contribution in [1.82, 2.24) is 10.2 Å². The molecule has 0 rings (SSSR count). The maximum absolute atomic E-state index is 11.9. The highest BCUT2D eigenvalue weighted by Gasteiger charge is 2.10. The molecule has 0 saturated heterocycles. The first-order chi connectivity index (χ1) is 8.76. The van der Waals surface area contributed by atoms with Crippen molar-refractivity contribution in [2.75, 3.05) is 19.6 Å². The maximum Gasteiger partial charge on any atom is 0.317 e. The van der Waals surface area contributed by atoms with Crippen molar-refractivity contribution in [1.29, 1.82) is 0 Å². The Hall–Kier alpha value is -0.730. The first-order valence-corrected chi connectivity index (χ1v) is 7.79. The molecule has 0 atom stereocenters. The van der Waals surface area contributed by atoms with Crippen molar-refractivity contribution in [3.63, 3.8) is 0 Å². The summed E-state index contributed by atoms with van der Waals surface area (Å²) >= 11 is 0. The fraction of sp³-hybridized carbons (Fsp3) is 0.933. The van der Waals surface area contributed by atoms with Crippen molar-refractivity contribution < 1.29 is 4.79 Å². The third kappa shape index (κ3) is 9.32. The summed E-state index contributed by atoms with van der Waals surface area (Å²) in [6, 6.07) is 0.118. The largest absolute Gasteiger partial charge is 0.338 e. The SMILES string of the molecule is CCCCCCCCN(CCC)C(=O)NCCC. The van der Waals surface area contributed by atoms with E-state index in [9.17, 15) is 4.79 Å². The molecular formula is C15H32N2O. The molecule has 1 N–H and O–H groups in total. The van der Waals surface area contributed by atoms with Crippen molar-refractivity contribution >= 4 is 6.03 Å². The average molecular weight is 256 g/mol. The van der Waals surface area contributed by atoms with E-state index in [1.807, 2.05) is 4.90 Å². The Balaban J connectivity index is 3.71. The number of urea groups is 1. The minimum Gasteiger partial charge on any atom is -0.338 e. The molecule has 3 nitrogen and oxygen atoms in total. The van der Waals surface area contributed by atoms with E-state index < -0.39 is 0 Å². The second kappa shape index (κ2) is 12.7. The normalized spacial score (nSPS) is 10.4. The fourth-order valence-electron chi connectivity index (χ4n) is 2.01. The first kappa shape index (κ1) is 17.3. The lowest BCUT2D eigenvalue weighted by molar-refractivity contribution is 0.196. The molecule has 0 aliphatic carbocycles. The van der Waals surface area contributed by atoms with Crippen molar-refractivity contribution in [3.8, 4) is 0 Å². The lowest BCUT2D eigenvalue weighted by Gasteiger charge is -2.22. The van der Waals surface area contributed by atoms with E-state index in [0.29, 0.717) is 0 Å². The molecule has 2 amide bonds. The predicted octanol–water partition coefficient (Wildman–Crippen LogP) is 4.18. The van der Waals surface area contributed by atoms with Gasteiger partial charge in [0.15, 0.2) is 0 Å². The molecule has 0 fully saturated rings. The van der Waals surface area contributed by atoms with Crippen molar-refractivity contribution in [2.24, 2.45) is 0 Å². The second-order valence-corrected chi connectivity index (χ2v) is 4.99. The van der Waals surface area contributed by atoms with Crippen LogP contribution in [0.3, 0.4) is 0 Å². The number of carbonyl (C=O) groups is 1. The van der Waals surface area contributed by atoms with Crippen LogP contribution in [0.25, 0.3) is 0 Å². The number of amides is 2. The van der Waals surface area contributed by atoms with E-state index in [0.717, 1.165) is 38.9 Å². The summed E-state index contributed by atoms with van der Waals surface area (Å²) in [5.74, 6) is 0. The summed E-state index contributed by atoms with van der Waals surface area (Å²) in [7, 11) is 0. The summed E-state index contributed by atoms with van der Waals surface area (Å²) in [6.45, 7) is 9.02. The highest BCUT2D eigenvalue weighted by Crippen LogP contribution is 2.06. The van der Waals surface area contributed by atoms with Crippen LogP contribution in [0, 0.1) is 0 Å². The molecule has 0 aromatic rings. The zero-order valence-electron chi connectivity index (χ0n) is 12.6. The van der Waals surface area contributed by atoms with Gasteiger partial charge in [0.25, 0.3) is 0 Å². The molecule has 108 valence electrons. The molecular weight excluding hydrogens is 224 g/mol. The third-order valence-corrected chi connectivity index (χ3v) is 3.09. The summed E-state index contributed by atoms with van der Waals surface area (Å²) < 4.78 is 0. The smallest absolute Gasteiger partial charge is 0.317 e. The number of hydrogen-bond donors (Lipinski definition) is 1. The zero-order chi connectivity index (χ0) is 13.6. The van der Waals surface area contributed by atoms with Gasteiger partial charge in [0, 0.05) is 19.6 Å². The molecule has 0 spiro atoms. The van der Waals surface area contributed by atoms with Gasteiger partial charge in [-0.25, -0.2) is 4.79 Å². The van der Waals surface area contributed by atoms with Crippen LogP contribution in [0.15, 0.2) is 0 Å². The highest BCUT2D eigenvalue weighted by molar-refractivity contribution is 5.74. The standard InChI is InChI=1S/C15H32N2O/c1-4-7-8-9-10-11-14-17(13-6-3)15(18)16-12-5-2/h4-14H2,1-3H3,(H,16,18). The molecule has 0 aromatic heterocycles. The summed E-state index contributed by atoms with van der Waals surface area (Å²) in [5.41, 5.74) is 0. The zero-order valence-corrected chi connectivity index (χ0v) is 12.6. The van der Waals surface area contributed by atoms with Gasteiger partial charge < -0.3 is 10.2 Å². The Labute approximate surface area is 113 Å². The van der Waals surface area contributed by atoms with E-state index in [-0.39, 0.29) is 6.03 Å². The lowest BCUT2D eigenvalue weighted by Crippen LogP contribution is -2.41. The maximum atomic E-state index is 11.9. The summed E-state index contributed by atoms with van der Waals surface area (Å²) in [6.07, 6.45) is 9.72. The Morgan fingerprint density at radius 1 is 0.833 bits per heavy atom. The number of carbonyl (C=O) groups excluding carboxylic acids is 1. The van der Waals surface area contributed by atoms with Crippen LogP contribution in [-0.2, 0) is 0 Å². The van der Waals surface area contributed by atoms with Gasteiger partial charge >= 0.3 is 6.03 Å². The van der Waals surface area contributed by atoms with Crippen LogP contribution in [0.2, 0.25) is 0 Å². The van der Waals surface area contributed by atoms with Gasteiger partial charge in [-0.2, -0.15) is 0 Å². The Bertz CT molecular complexity index is 195. The molecule has 0 heterocycles. The summed E-state index contributed by atoms with van der Waals surface area (Å²) in [5, 5.41) is 2.97. The van der Waals surface area contributed by atoms with Gasteiger partial charge in [-0.15, -0.1) is 0 Å². The van der Waals surface area contributed by atoms with Gasteiger partial charge in [0.1, 0.15) is 0 Å². The molecule has 0 saturated carbocycles. The van der Waals surface area contributed by atoms with Gasteiger partial charge in [0.05, 0.1) is 0 Å². The van der Waals surface area contributed by atoms with Crippen molar-refractivity contribution in [3.05, 3.63) is 0 Å². The topological polar surface area (TPSA) is 32.3 Å². The quantitative estimate of drug-likeness (QED) is 0.553. The molecule has 0 aliphatic heterocycles. The molecule has 18 heavy (non-hydrogen) atoms. The Kier molecular flexibility index (Phi) is 12.2. The van der Waals surface area contributed by atoms with Crippen LogP contribution in [0.4, 0.5) is 4.79 Å². The van der Waals surface area contributed by atoms with E-state index >= 15 is 0 Å². The van der Waals surface area contributed by atoms with Crippen molar-refractivity contribution in [2.45, 2.75) is 72.1 Å². The highest BCUT2D eigenvalue weighted by atomic mass is 16.2. The van der Waals surface area contributed by atoms with Gasteiger partial charge in [0.2, 0.25) is 0 Å². The Morgan fingerprint density at radius 2 is 1.50 bits per heavy atom. The fourth-order valence-corrected chi connectivity index (χ4v) is 2.01. The van der Waals surface area contributed by atoms with Gasteiger partial charge in [-0.3, -0.25) is 0 Å². The number of rotatable bonds is 11. The summed E-state index contributed by atoms with van der Waals surface area (Å²) in [4.78, 5) is 13.8. The Morgan fingerprint density at radius 3 is 2.11 bits per heavy atom. The van der Waals surface area contributed by atoms with E-state index in [2.05, 4.69) is 26.1 Å². The van der Waals surface area contributed by atoms with Crippen LogP contribution < -0.4 is 5.32 Å². The molecule has 0 aromatic carbocycles. The minimum absolute atomic E-state index is 0.118. The van der Waals surface area contributed by atoms with Crippen LogP contribution in [0.5, 0.6) is 0 Å². The lowest BCUT2D eigenvalue weighted by atomic mass is 10.1. The second-order valence-electron chi connectivity index (χ2n) is 4.99. The van der Waals surface area contributed by atoms with Crippen LogP contribution in [0.1, 0.15) is 72.1 Å². The average Bonchev–Trinajstić information content (AvgIpc) is 2.38. The van der Waals surface area contributed by atoms with Crippen LogP contribution in [-0.4, -0.2) is 30.6 Å². The number of nitrogens with one attached hydrogen (secondary N) is 1. The molecule has 0 radical (unpaired) electrons. The van der Waals surface area contributed by atoms with E-state index in [1.54, 1.807) is 0 Å². The molecule has 0 unspecified atom stereocenters. The third-order valence-electron chi connectivity index (χ3n) is 3.09. The van der Waals surface area contributed by atoms with E-state index in [1.165, 1.54) is 32.1 Å². The van der Waals surface area contributed by atoms with E-state index in [4.69, 9.17) is 0 Å². The number of unbranched alkanes of at least 4 members (excludes halogenated alkanes) is 5. The van der Waals surface area contributed by atoms with Crippen LogP contribution >= 0.6 is 0 Å². The predicted molar refractivity (Wildman–Crippen MR) is 78.9 cm³/mol. The number of hydrogen-bond acceptors (Lipinski definition) is 1.